The third-order valence-electron chi connectivity index (χ3n) is 5.37. The first-order valence-corrected chi connectivity index (χ1v) is 10.2. The standard InChI is InChI=1S/C25H16F2N2O5/c26-15-3-1-14(2-4-15)24(31)19-11-29(12-23(30)28-17-7-5-16(27)6-8-17)20-10-22-21(33-13-34-22)9-18(20)25(19)32/h1-11H,12-13H2,(H,28,30). The van der Waals surface area contributed by atoms with Crippen LogP contribution in [0.15, 0.2) is 71.7 Å². The molecule has 0 unspecified atom stereocenters. The summed E-state index contributed by atoms with van der Waals surface area (Å²) in [5, 5.41) is 2.81. The minimum absolute atomic E-state index is 0.0216. The van der Waals surface area contributed by atoms with Gasteiger partial charge in [0.05, 0.1) is 16.5 Å². The maximum Gasteiger partial charge on any atom is 0.244 e. The quantitative estimate of drug-likeness (QED) is 0.455. The third-order valence-corrected chi connectivity index (χ3v) is 5.37. The highest BCUT2D eigenvalue weighted by molar-refractivity contribution is 6.10. The number of ketones is 1. The van der Waals surface area contributed by atoms with Gasteiger partial charge in [0.2, 0.25) is 18.1 Å². The highest BCUT2D eigenvalue weighted by Crippen LogP contribution is 2.35. The summed E-state index contributed by atoms with van der Waals surface area (Å²) in [7, 11) is 0. The fourth-order valence-electron chi connectivity index (χ4n) is 3.72. The number of hydrogen-bond donors (Lipinski definition) is 1. The van der Waals surface area contributed by atoms with Gasteiger partial charge < -0.3 is 19.4 Å². The monoisotopic (exact) mass is 462 g/mol. The number of ether oxygens (including phenoxy) is 2. The number of nitrogens with one attached hydrogen (secondary N) is 1. The van der Waals surface area contributed by atoms with Crippen molar-refractivity contribution in [3.05, 3.63) is 99.8 Å². The molecule has 1 N–H and O–H groups in total. The molecule has 0 saturated heterocycles. The number of rotatable bonds is 5. The van der Waals surface area contributed by atoms with E-state index in [1.54, 1.807) is 6.07 Å². The molecular weight excluding hydrogens is 446 g/mol. The van der Waals surface area contributed by atoms with Crippen molar-refractivity contribution in [3.63, 3.8) is 0 Å². The zero-order chi connectivity index (χ0) is 23.8. The minimum Gasteiger partial charge on any atom is -0.454 e. The van der Waals surface area contributed by atoms with Crippen LogP contribution in [0, 0.1) is 11.6 Å². The molecule has 1 amide bonds. The van der Waals surface area contributed by atoms with E-state index in [4.69, 9.17) is 9.47 Å². The Kier molecular flexibility index (Phi) is 5.29. The Labute approximate surface area is 191 Å². The smallest absolute Gasteiger partial charge is 0.244 e. The molecular formula is C25H16F2N2O5. The van der Waals surface area contributed by atoms with E-state index in [0.29, 0.717) is 22.7 Å². The molecule has 0 atom stereocenters. The number of fused-ring (bicyclic) bond motifs is 2. The summed E-state index contributed by atoms with van der Waals surface area (Å²) in [4.78, 5) is 39.1. The zero-order valence-electron chi connectivity index (χ0n) is 17.5. The Balaban J connectivity index is 1.58. The van der Waals surface area contributed by atoms with Crippen molar-refractivity contribution in [2.75, 3.05) is 12.1 Å². The lowest BCUT2D eigenvalue weighted by Gasteiger charge is -2.14. The van der Waals surface area contributed by atoms with Crippen molar-refractivity contribution < 1.29 is 27.8 Å². The van der Waals surface area contributed by atoms with Gasteiger partial charge in [-0.2, -0.15) is 0 Å². The van der Waals surface area contributed by atoms with E-state index in [-0.39, 0.29) is 29.9 Å². The van der Waals surface area contributed by atoms with Crippen LogP contribution in [0.25, 0.3) is 10.9 Å². The van der Waals surface area contributed by atoms with Crippen LogP contribution < -0.4 is 20.2 Å². The number of aromatic nitrogens is 1. The van der Waals surface area contributed by atoms with Gasteiger partial charge in [-0.15, -0.1) is 0 Å². The second-order valence-electron chi connectivity index (χ2n) is 7.61. The van der Waals surface area contributed by atoms with Crippen LogP contribution in [0.3, 0.4) is 0 Å². The molecule has 34 heavy (non-hydrogen) atoms. The predicted octanol–water partition coefficient (Wildman–Crippen LogP) is 3.88. The number of benzene rings is 3. The van der Waals surface area contributed by atoms with E-state index in [9.17, 15) is 23.2 Å². The number of anilines is 1. The molecule has 0 saturated carbocycles. The molecule has 170 valence electrons. The summed E-state index contributed by atoms with van der Waals surface area (Å²) >= 11 is 0. The van der Waals surface area contributed by atoms with Crippen LogP contribution in [0.4, 0.5) is 14.5 Å². The lowest BCUT2D eigenvalue weighted by atomic mass is 10.0. The van der Waals surface area contributed by atoms with Gasteiger partial charge in [0.1, 0.15) is 18.2 Å². The number of hydrogen-bond acceptors (Lipinski definition) is 5. The predicted molar refractivity (Wildman–Crippen MR) is 119 cm³/mol. The molecule has 0 aliphatic carbocycles. The number of carbonyl (C=O) groups excluding carboxylic acids is 2. The van der Waals surface area contributed by atoms with Gasteiger partial charge in [-0.25, -0.2) is 8.78 Å². The molecule has 5 rings (SSSR count). The van der Waals surface area contributed by atoms with Crippen molar-refractivity contribution in [1.29, 1.82) is 0 Å². The highest BCUT2D eigenvalue weighted by atomic mass is 19.1. The fourth-order valence-corrected chi connectivity index (χ4v) is 3.72. The maximum atomic E-state index is 13.3. The summed E-state index contributed by atoms with van der Waals surface area (Å²) in [6.45, 7) is -0.274. The highest BCUT2D eigenvalue weighted by Gasteiger charge is 2.22. The molecule has 4 aromatic rings. The molecule has 1 aliphatic rings. The topological polar surface area (TPSA) is 86.6 Å². The summed E-state index contributed by atoms with van der Waals surface area (Å²) in [5.41, 5.74) is 0.127. The molecule has 0 fully saturated rings. The van der Waals surface area contributed by atoms with Gasteiger partial charge >= 0.3 is 0 Å². The number of amides is 1. The Morgan fingerprint density at radius 1 is 0.912 bits per heavy atom. The average Bonchev–Trinajstić information content (AvgIpc) is 3.29. The number of halogens is 2. The van der Waals surface area contributed by atoms with Crippen LogP contribution in [0.5, 0.6) is 11.5 Å². The van der Waals surface area contributed by atoms with Crippen molar-refractivity contribution >= 4 is 28.3 Å². The van der Waals surface area contributed by atoms with Crippen molar-refractivity contribution in [2.45, 2.75) is 6.54 Å². The first-order chi connectivity index (χ1) is 16.4. The molecule has 0 radical (unpaired) electrons. The second-order valence-corrected chi connectivity index (χ2v) is 7.61. The third kappa shape index (κ3) is 3.99. The summed E-state index contributed by atoms with van der Waals surface area (Å²) < 4.78 is 38.7. The summed E-state index contributed by atoms with van der Waals surface area (Å²) in [5.74, 6) is -1.29. The molecule has 2 heterocycles. The number of carbonyl (C=O) groups is 2. The first-order valence-electron chi connectivity index (χ1n) is 10.2. The summed E-state index contributed by atoms with van der Waals surface area (Å²) in [6.07, 6.45) is 1.29. The zero-order valence-corrected chi connectivity index (χ0v) is 17.5. The van der Waals surface area contributed by atoms with E-state index >= 15 is 0 Å². The van der Waals surface area contributed by atoms with Gasteiger partial charge in [-0.05, 0) is 54.6 Å². The van der Waals surface area contributed by atoms with Crippen LogP contribution in [0.1, 0.15) is 15.9 Å². The van der Waals surface area contributed by atoms with Crippen LogP contribution in [-0.2, 0) is 11.3 Å². The van der Waals surface area contributed by atoms with E-state index in [0.717, 1.165) is 12.1 Å². The van der Waals surface area contributed by atoms with Crippen molar-refractivity contribution in [3.8, 4) is 11.5 Å². The SMILES string of the molecule is O=C(Cn1cc(C(=O)c2ccc(F)cc2)c(=O)c2cc3c(cc21)OCO3)Nc1ccc(F)cc1. The second kappa shape index (κ2) is 8.43. The van der Waals surface area contributed by atoms with Gasteiger partial charge in [-0.3, -0.25) is 14.4 Å². The van der Waals surface area contributed by atoms with Gasteiger partial charge in [0, 0.05) is 23.5 Å². The number of pyridine rings is 1. The summed E-state index contributed by atoms with van der Waals surface area (Å²) in [6, 6.07) is 13.1. The largest absolute Gasteiger partial charge is 0.454 e. The van der Waals surface area contributed by atoms with E-state index in [1.807, 2.05) is 0 Å². The Bertz CT molecular complexity index is 1500. The molecule has 1 aromatic heterocycles. The maximum absolute atomic E-state index is 13.3. The molecule has 3 aromatic carbocycles. The van der Waals surface area contributed by atoms with Crippen molar-refractivity contribution in [1.82, 2.24) is 4.57 Å². The molecule has 0 spiro atoms. The fraction of sp³-hybridized carbons (Fsp3) is 0.0800. The lowest BCUT2D eigenvalue weighted by molar-refractivity contribution is -0.116. The Morgan fingerprint density at radius 2 is 1.53 bits per heavy atom. The Morgan fingerprint density at radius 3 is 2.21 bits per heavy atom. The van der Waals surface area contributed by atoms with Crippen LogP contribution >= 0.6 is 0 Å². The van der Waals surface area contributed by atoms with E-state index in [1.165, 1.54) is 53.2 Å². The van der Waals surface area contributed by atoms with E-state index < -0.39 is 28.8 Å². The van der Waals surface area contributed by atoms with Crippen molar-refractivity contribution in [2.24, 2.45) is 0 Å². The molecule has 7 nitrogen and oxygen atoms in total. The molecule has 0 bridgehead atoms. The molecule has 1 aliphatic heterocycles. The van der Waals surface area contributed by atoms with Gasteiger partial charge in [0.25, 0.3) is 0 Å². The van der Waals surface area contributed by atoms with E-state index in [2.05, 4.69) is 5.32 Å². The van der Waals surface area contributed by atoms with Gasteiger partial charge in [0.15, 0.2) is 17.3 Å². The Hall–Kier alpha value is -4.53. The van der Waals surface area contributed by atoms with Crippen LogP contribution in [0.2, 0.25) is 0 Å². The lowest BCUT2D eigenvalue weighted by Crippen LogP contribution is -2.24. The average molecular weight is 462 g/mol. The normalized spacial score (nSPS) is 12.1. The van der Waals surface area contributed by atoms with Gasteiger partial charge in [-0.1, -0.05) is 0 Å². The first kappa shape index (κ1) is 21.3. The minimum atomic E-state index is -0.614. The van der Waals surface area contributed by atoms with Crippen LogP contribution in [-0.4, -0.2) is 23.1 Å². The molecule has 9 heteroatoms. The number of nitrogens with zero attached hydrogens (tertiary/aromatic N) is 1.